The molecule has 0 fully saturated rings. The molecule has 0 amide bonds. The predicted molar refractivity (Wildman–Crippen MR) is 133 cm³/mol. The largest absolute Gasteiger partial charge is 0.453 e. The molecule has 0 aliphatic heterocycles. The van der Waals surface area contributed by atoms with Crippen LogP contribution >= 0.6 is 0 Å². The van der Waals surface area contributed by atoms with E-state index in [1.807, 2.05) is 24.3 Å². The normalized spacial score (nSPS) is 11.3. The number of hydrogen-bond acceptors (Lipinski definition) is 2. The van der Waals surface area contributed by atoms with Gasteiger partial charge in [-0.2, -0.15) is 17.6 Å². The minimum Gasteiger partial charge on any atom is -0.453 e. The van der Waals surface area contributed by atoms with Gasteiger partial charge in [0.15, 0.2) is 23.6 Å². The van der Waals surface area contributed by atoms with E-state index >= 15 is 0 Å². The summed E-state index contributed by atoms with van der Waals surface area (Å²) in [4.78, 5) is 0. The van der Waals surface area contributed by atoms with Crippen molar-refractivity contribution in [3.05, 3.63) is 120 Å². The highest BCUT2D eigenvalue weighted by atomic mass is 19.3. The summed E-state index contributed by atoms with van der Waals surface area (Å²) in [6.45, 7) is 2.06. The molecule has 0 atom stereocenters. The number of benzene rings is 4. The van der Waals surface area contributed by atoms with Crippen LogP contribution in [0.4, 0.5) is 35.1 Å². The van der Waals surface area contributed by atoms with Gasteiger partial charge in [-0.1, -0.05) is 55.8 Å². The number of ether oxygens (including phenoxy) is 2. The summed E-state index contributed by atoms with van der Waals surface area (Å²) >= 11 is 0. The Morgan fingerprint density at radius 3 is 1.90 bits per heavy atom. The van der Waals surface area contributed by atoms with Crippen molar-refractivity contribution >= 4 is 0 Å². The minimum absolute atomic E-state index is 0.0360. The Morgan fingerprint density at radius 2 is 1.32 bits per heavy atom. The summed E-state index contributed by atoms with van der Waals surface area (Å²) in [5, 5.41) is 0. The molecule has 0 unspecified atom stereocenters. The summed E-state index contributed by atoms with van der Waals surface area (Å²) in [6, 6.07) is 14.8. The van der Waals surface area contributed by atoms with Crippen LogP contribution in [0.2, 0.25) is 0 Å². The Balaban J connectivity index is 1.56. The lowest BCUT2D eigenvalue weighted by Gasteiger charge is -2.20. The zero-order chi connectivity index (χ0) is 29.0. The SMILES string of the molecule is CCCc1ccc(-c2ccc(-c3ccc(C(F)(F)Oc4cc(F)c(OC=C(F)F)c(F)c4)c(F)c3)c(F)c2)cc1. The maximum Gasteiger partial charge on any atom is 0.429 e. The van der Waals surface area contributed by atoms with E-state index in [1.54, 1.807) is 6.07 Å². The van der Waals surface area contributed by atoms with E-state index in [2.05, 4.69) is 16.4 Å². The minimum atomic E-state index is -4.42. The molecular formula is C30H20F8O2. The molecule has 0 saturated heterocycles. The lowest BCUT2D eigenvalue weighted by atomic mass is 9.97. The molecule has 0 spiro atoms. The molecule has 208 valence electrons. The van der Waals surface area contributed by atoms with Gasteiger partial charge in [0, 0.05) is 17.7 Å². The first-order valence-electron chi connectivity index (χ1n) is 11.9. The van der Waals surface area contributed by atoms with Crippen LogP contribution in [0.15, 0.2) is 85.1 Å². The molecule has 2 nitrogen and oxygen atoms in total. The van der Waals surface area contributed by atoms with Crippen molar-refractivity contribution in [3.8, 4) is 33.8 Å². The van der Waals surface area contributed by atoms with Crippen molar-refractivity contribution < 1.29 is 44.6 Å². The van der Waals surface area contributed by atoms with Crippen LogP contribution < -0.4 is 9.47 Å². The Bertz CT molecular complexity index is 1520. The fourth-order valence-electron chi connectivity index (χ4n) is 4.01. The lowest BCUT2D eigenvalue weighted by Crippen LogP contribution is -2.23. The second-order valence-corrected chi connectivity index (χ2v) is 8.70. The third-order valence-corrected chi connectivity index (χ3v) is 5.87. The van der Waals surface area contributed by atoms with Gasteiger partial charge in [-0.25, -0.2) is 17.6 Å². The van der Waals surface area contributed by atoms with E-state index in [-0.39, 0.29) is 29.5 Å². The third-order valence-electron chi connectivity index (χ3n) is 5.87. The molecule has 4 rings (SSSR count). The molecular weight excluding hydrogens is 544 g/mol. The maximum absolute atomic E-state index is 15.0. The summed E-state index contributed by atoms with van der Waals surface area (Å²) < 4.78 is 120. The van der Waals surface area contributed by atoms with E-state index in [9.17, 15) is 35.1 Å². The maximum atomic E-state index is 15.0. The van der Waals surface area contributed by atoms with Crippen molar-refractivity contribution in [1.29, 1.82) is 0 Å². The molecule has 4 aromatic rings. The fraction of sp³-hybridized carbons (Fsp3) is 0.133. The van der Waals surface area contributed by atoms with Crippen molar-refractivity contribution in [2.45, 2.75) is 25.9 Å². The summed E-state index contributed by atoms with van der Waals surface area (Å²) in [6.07, 6.45) is -5.15. The van der Waals surface area contributed by atoms with Crippen molar-refractivity contribution in [1.82, 2.24) is 0 Å². The average Bonchev–Trinajstić information content (AvgIpc) is 2.88. The molecule has 0 N–H and O–H groups in total. The molecule has 0 aliphatic rings. The molecule has 0 aromatic heterocycles. The average molecular weight is 564 g/mol. The van der Waals surface area contributed by atoms with Crippen LogP contribution in [-0.4, -0.2) is 0 Å². The highest BCUT2D eigenvalue weighted by Gasteiger charge is 2.38. The first kappa shape index (κ1) is 28.7. The van der Waals surface area contributed by atoms with E-state index < -0.39 is 52.5 Å². The highest BCUT2D eigenvalue weighted by Crippen LogP contribution is 2.38. The smallest absolute Gasteiger partial charge is 0.429 e. The first-order valence-corrected chi connectivity index (χ1v) is 11.9. The number of hydrogen-bond donors (Lipinski definition) is 0. The third kappa shape index (κ3) is 6.44. The number of alkyl halides is 2. The number of aryl methyl sites for hydroxylation is 1. The number of rotatable bonds is 9. The van der Waals surface area contributed by atoms with Crippen LogP contribution in [0.5, 0.6) is 11.5 Å². The van der Waals surface area contributed by atoms with Gasteiger partial charge in [0.1, 0.15) is 17.4 Å². The molecule has 0 radical (unpaired) electrons. The first-order chi connectivity index (χ1) is 19.0. The predicted octanol–water partition coefficient (Wildman–Crippen LogP) is 9.77. The van der Waals surface area contributed by atoms with Gasteiger partial charge in [-0.3, -0.25) is 0 Å². The summed E-state index contributed by atoms with van der Waals surface area (Å²) in [7, 11) is 0. The van der Waals surface area contributed by atoms with Gasteiger partial charge in [0.2, 0.25) is 0 Å². The van der Waals surface area contributed by atoms with Crippen LogP contribution in [0, 0.1) is 23.3 Å². The fourth-order valence-corrected chi connectivity index (χ4v) is 4.01. The topological polar surface area (TPSA) is 18.5 Å². The molecule has 0 bridgehead atoms. The molecule has 0 heterocycles. The van der Waals surface area contributed by atoms with Gasteiger partial charge in [0.05, 0.1) is 5.56 Å². The van der Waals surface area contributed by atoms with Crippen molar-refractivity contribution in [3.63, 3.8) is 0 Å². The Hall–Kier alpha value is -4.34. The van der Waals surface area contributed by atoms with Gasteiger partial charge in [-0.05, 0) is 46.9 Å². The molecule has 0 aliphatic carbocycles. The summed E-state index contributed by atoms with van der Waals surface area (Å²) in [5.41, 5.74) is 1.11. The zero-order valence-corrected chi connectivity index (χ0v) is 20.8. The Kier molecular flexibility index (Phi) is 8.46. The Labute approximate surface area is 224 Å². The molecule has 4 aromatic carbocycles. The van der Waals surface area contributed by atoms with E-state index in [0.29, 0.717) is 17.7 Å². The zero-order valence-electron chi connectivity index (χ0n) is 20.8. The van der Waals surface area contributed by atoms with E-state index in [0.717, 1.165) is 30.0 Å². The van der Waals surface area contributed by atoms with Crippen molar-refractivity contribution in [2.24, 2.45) is 0 Å². The second kappa shape index (κ2) is 11.8. The van der Waals surface area contributed by atoms with Gasteiger partial charge in [-0.15, -0.1) is 0 Å². The van der Waals surface area contributed by atoms with E-state index in [4.69, 9.17) is 0 Å². The number of halogens is 8. The van der Waals surface area contributed by atoms with Crippen LogP contribution in [-0.2, 0) is 12.5 Å². The van der Waals surface area contributed by atoms with E-state index in [1.165, 1.54) is 12.1 Å². The van der Waals surface area contributed by atoms with Gasteiger partial charge < -0.3 is 9.47 Å². The lowest BCUT2D eigenvalue weighted by molar-refractivity contribution is -0.187. The van der Waals surface area contributed by atoms with Crippen LogP contribution in [0.3, 0.4) is 0 Å². The van der Waals surface area contributed by atoms with Gasteiger partial charge >= 0.3 is 12.2 Å². The standard InChI is InChI=1S/C30H20F8O2/c1-2-3-17-4-6-18(7-5-17)19-8-10-22(24(31)12-19)20-9-11-23(25(32)13-20)30(37,38)40-21-14-26(33)29(27(34)15-21)39-16-28(35)36/h4-16H,2-3H2,1H3. The quantitative estimate of drug-likeness (QED) is 0.149. The van der Waals surface area contributed by atoms with Crippen LogP contribution in [0.25, 0.3) is 22.3 Å². The van der Waals surface area contributed by atoms with Crippen molar-refractivity contribution in [2.75, 3.05) is 0 Å². The summed E-state index contributed by atoms with van der Waals surface area (Å²) in [5.74, 6) is -7.75. The highest BCUT2D eigenvalue weighted by molar-refractivity contribution is 5.71. The monoisotopic (exact) mass is 564 g/mol. The molecule has 0 saturated carbocycles. The molecule has 40 heavy (non-hydrogen) atoms. The van der Waals surface area contributed by atoms with Crippen LogP contribution in [0.1, 0.15) is 24.5 Å². The Morgan fingerprint density at radius 1 is 0.725 bits per heavy atom. The van der Waals surface area contributed by atoms with Gasteiger partial charge in [0.25, 0.3) is 0 Å². The second-order valence-electron chi connectivity index (χ2n) is 8.70. The molecule has 10 heteroatoms.